The minimum Gasteiger partial charge on any atom is -0.488 e. The zero-order valence-electron chi connectivity index (χ0n) is 14.3. The van der Waals surface area contributed by atoms with Gasteiger partial charge in [0.25, 0.3) is 5.91 Å². The number of hydrogen-bond acceptors (Lipinski definition) is 3. The van der Waals surface area contributed by atoms with Gasteiger partial charge in [0.2, 0.25) is 0 Å². The van der Waals surface area contributed by atoms with Gasteiger partial charge in [-0.3, -0.25) is 4.79 Å². The number of para-hydroxylation sites is 1. The van der Waals surface area contributed by atoms with E-state index in [1.165, 1.54) is 0 Å². The van der Waals surface area contributed by atoms with Crippen molar-refractivity contribution in [1.29, 1.82) is 0 Å². The van der Waals surface area contributed by atoms with Crippen LogP contribution in [0.15, 0.2) is 66.7 Å². The molecule has 0 unspecified atom stereocenters. The fourth-order valence-electron chi connectivity index (χ4n) is 2.39. The molecule has 0 radical (unpaired) electrons. The molecule has 2 aromatic carbocycles. The van der Waals surface area contributed by atoms with Gasteiger partial charge in [-0.2, -0.15) is 13.2 Å². The van der Waals surface area contributed by atoms with Gasteiger partial charge in [0, 0.05) is 0 Å². The summed E-state index contributed by atoms with van der Waals surface area (Å²) in [4.78, 5) is 15.9. The fourth-order valence-corrected chi connectivity index (χ4v) is 2.59. The van der Waals surface area contributed by atoms with Gasteiger partial charge in [0.1, 0.15) is 18.1 Å². The van der Waals surface area contributed by atoms with Crippen molar-refractivity contribution in [3.63, 3.8) is 0 Å². The average molecular weight is 407 g/mol. The Labute approximate surface area is 163 Å². The Bertz CT molecular complexity index is 979. The Kier molecular flexibility index (Phi) is 5.84. The van der Waals surface area contributed by atoms with Crippen LogP contribution in [0, 0.1) is 0 Å². The Balaban J connectivity index is 1.76. The molecule has 0 saturated carbocycles. The van der Waals surface area contributed by atoms with E-state index in [1.807, 2.05) is 30.3 Å². The number of halogens is 4. The molecule has 4 nitrogen and oxygen atoms in total. The summed E-state index contributed by atoms with van der Waals surface area (Å²) in [5, 5.41) is 2.01. The number of nitrogens with zero attached hydrogens (tertiary/aromatic N) is 1. The van der Waals surface area contributed by atoms with Crippen LogP contribution in [0.4, 0.5) is 18.9 Å². The van der Waals surface area contributed by atoms with Crippen molar-refractivity contribution in [3.8, 4) is 5.75 Å². The van der Waals surface area contributed by atoms with Gasteiger partial charge in [0.15, 0.2) is 5.15 Å². The molecule has 1 heterocycles. The number of benzene rings is 2. The smallest absolute Gasteiger partial charge is 0.433 e. The number of amides is 1. The Hall–Kier alpha value is -3.06. The zero-order chi connectivity index (χ0) is 20.1. The third kappa shape index (κ3) is 4.80. The van der Waals surface area contributed by atoms with Crippen LogP contribution in [-0.4, -0.2) is 10.9 Å². The maximum atomic E-state index is 12.7. The molecular formula is C20H14ClF3N2O2. The van der Waals surface area contributed by atoms with E-state index in [-0.39, 0.29) is 17.9 Å². The Morgan fingerprint density at radius 3 is 2.36 bits per heavy atom. The van der Waals surface area contributed by atoms with E-state index in [4.69, 9.17) is 16.3 Å². The molecule has 1 N–H and O–H groups in total. The predicted octanol–water partition coefficient (Wildman–Crippen LogP) is 5.59. The second kappa shape index (κ2) is 8.31. The number of carbonyl (C=O) groups is 1. The standard InChI is InChI=1S/C20H14ClF3N2O2/c21-18-15(10-11-17(26-18)20(22,23)24)25-19(27)14-8-4-5-9-16(14)28-12-13-6-2-1-3-7-13/h1-11H,12H2,(H,25,27). The van der Waals surface area contributed by atoms with E-state index in [9.17, 15) is 18.0 Å². The molecule has 0 aliphatic rings. The highest BCUT2D eigenvalue weighted by molar-refractivity contribution is 6.32. The third-order valence-corrected chi connectivity index (χ3v) is 4.04. The molecule has 1 aromatic heterocycles. The molecule has 0 saturated heterocycles. The van der Waals surface area contributed by atoms with Crippen molar-refractivity contribution in [3.05, 3.63) is 88.7 Å². The van der Waals surface area contributed by atoms with E-state index in [1.54, 1.807) is 24.3 Å². The molecule has 0 atom stereocenters. The van der Waals surface area contributed by atoms with E-state index in [2.05, 4.69) is 10.3 Å². The van der Waals surface area contributed by atoms with Gasteiger partial charge in [0.05, 0.1) is 11.3 Å². The van der Waals surface area contributed by atoms with E-state index < -0.39 is 22.9 Å². The van der Waals surface area contributed by atoms with Crippen molar-refractivity contribution in [2.45, 2.75) is 12.8 Å². The molecule has 1 amide bonds. The highest BCUT2D eigenvalue weighted by Crippen LogP contribution is 2.31. The number of anilines is 1. The first-order chi connectivity index (χ1) is 13.3. The van der Waals surface area contributed by atoms with E-state index in [0.717, 1.165) is 17.7 Å². The van der Waals surface area contributed by atoms with Crippen molar-refractivity contribution < 1.29 is 22.7 Å². The lowest BCUT2D eigenvalue weighted by Gasteiger charge is -2.13. The molecule has 3 aromatic rings. The molecule has 0 bridgehead atoms. The number of rotatable bonds is 5. The lowest BCUT2D eigenvalue weighted by atomic mass is 10.1. The highest BCUT2D eigenvalue weighted by Gasteiger charge is 2.33. The quantitative estimate of drug-likeness (QED) is 0.562. The first-order valence-electron chi connectivity index (χ1n) is 8.15. The van der Waals surface area contributed by atoms with Crippen LogP contribution < -0.4 is 10.1 Å². The lowest BCUT2D eigenvalue weighted by Crippen LogP contribution is -2.15. The molecule has 28 heavy (non-hydrogen) atoms. The summed E-state index contributed by atoms with van der Waals surface area (Å²) in [5.41, 5.74) is -0.0262. The molecule has 0 fully saturated rings. The molecule has 0 aliphatic carbocycles. The van der Waals surface area contributed by atoms with E-state index in [0.29, 0.717) is 5.75 Å². The highest BCUT2D eigenvalue weighted by atomic mass is 35.5. The largest absolute Gasteiger partial charge is 0.488 e. The molecule has 144 valence electrons. The van der Waals surface area contributed by atoms with Crippen LogP contribution in [-0.2, 0) is 12.8 Å². The molecule has 0 spiro atoms. The van der Waals surface area contributed by atoms with Crippen LogP contribution in [0.25, 0.3) is 0 Å². The topological polar surface area (TPSA) is 51.2 Å². The number of hydrogen-bond donors (Lipinski definition) is 1. The molecule has 3 rings (SSSR count). The first kappa shape index (κ1) is 19.7. The normalized spacial score (nSPS) is 11.1. The number of alkyl halides is 3. The third-order valence-electron chi connectivity index (χ3n) is 3.76. The monoisotopic (exact) mass is 406 g/mol. The van der Waals surface area contributed by atoms with Crippen LogP contribution in [0.1, 0.15) is 21.6 Å². The average Bonchev–Trinajstić information content (AvgIpc) is 2.68. The second-order valence-electron chi connectivity index (χ2n) is 5.76. The summed E-state index contributed by atoms with van der Waals surface area (Å²) >= 11 is 5.79. The van der Waals surface area contributed by atoms with E-state index >= 15 is 0 Å². The number of carbonyl (C=O) groups excluding carboxylic acids is 1. The number of ether oxygens (including phenoxy) is 1. The maximum absolute atomic E-state index is 12.7. The summed E-state index contributed by atoms with van der Waals surface area (Å²) in [6, 6.07) is 17.7. The minimum absolute atomic E-state index is 0.0301. The summed E-state index contributed by atoms with van der Waals surface area (Å²) in [6.45, 7) is 0.258. The molecule has 8 heteroatoms. The van der Waals surface area contributed by atoms with Gasteiger partial charge in [-0.05, 0) is 29.8 Å². The van der Waals surface area contributed by atoms with Gasteiger partial charge >= 0.3 is 6.18 Å². The van der Waals surface area contributed by atoms with Crippen molar-refractivity contribution in [2.75, 3.05) is 5.32 Å². The Morgan fingerprint density at radius 1 is 1.00 bits per heavy atom. The maximum Gasteiger partial charge on any atom is 0.433 e. The van der Waals surface area contributed by atoms with Crippen molar-refractivity contribution in [2.24, 2.45) is 0 Å². The Morgan fingerprint density at radius 2 is 1.68 bits per heavy atom. The summed E-state index contributed by atoms with van der Waals surface area (Å²) in [7, 11) is 0. The van der Waals surface area contributed by atoms with Gasteiger partial charge in [-0.25, -0.2) is 4.98 Å². The molecular weight excluding hydrogens is 393 g/mol. The number of pyridine rings is 1. The zero-order valence-corrected chi connectivity index (χ0v) is 15.1. The van der Waals surface area contributed by atoms with Crippen molar-refractivity contribution >= 4 is 23.2 Å². The molecule has 0 aliphatic heterocycles. The van der Waals surface area contributed by atoms with Crippen LogP contribution in [0.3, 0.4) is 0 Å². The minimum atomic E-state index is -4.62. The summed E-state index contributed by atoms with van der Waals surface area (Å²) in [6.07, 6.45) is -4.62. The fraction of sp³-hybridized carbons (Fsp3) is 0.100. The summed E-state index contributed by atoms with van der Waals surface area (Å²) in [5.74, 6) is -0.244. The lowest BCUT2D eigenvalue weighted by molar-refractivity contribution is -0.141. The second-order valence-corrected chi connectivity index (χ2v) is 6.12. The first-order valence-corrected chi connectivity index (χ1v) is 8.53. The van der Waals surface area contributed by atoms with Crippen LogP contribution in [0.5, 0.6) is 5.75 Å². The van der Waals surface area contributed by atoms with Gasteiger partial charge in [-0.1, -0.05) is 54.1 Å². The SMILES string of the molecule is O=C(Nc1ccc(C(F)(F)F)nc1Cl)c1ccccc1OCc1ccccc1. The van der Waals surface area contributed by atoms with Crippen LogP contribution in [0.2, 0.25) is 5.15 Å². The predicted molar refractivity (Wildman–Crippen MR) is 99.4 cm³/mol. The van der Waals surface area contributed by atoms with Crippen LogP contribution >= 0.6 is 11.6 Å². The van der Waals surface area contributed by atoms with Crippen molar-refractivity contribution in [1.82, 2.24) is 4.98 Å². The summed E-state index contributed by atoms with van der Waals surface area (Å²) < 4.78 is 43.8. The van der Waals surface area contributed by atoms with Gasteiger partial charge in [-0.15, -0.1) is 0 Å². The van der Waals surface area contributed by atoms with Gasteiger partial charge < -0.3 is 10.1 Å². The number of aromatic nitrogens is 1. The number of nitrogens with one attached hydrogen (secondary N) is 1.